The first-order valence-electron chi connectivity index (χ1n) is 9.13. The van der Waals surface area contributed by atoms with Gasteiger partial charge in [0.05, 0.1) is 0 Å². The van der Waals surface area contributed by atoms with Crippen molar-refractivity contribution in [3.63, 3.8) is 0 Å². The SMILES string of the molecule is CC(=O)N1CCN(Cc2ccccc2)CC1c1nc(-c2ccccc2)no1. The van der Waals surface area contributed by atoms with E-state index in [1.165, 1.54) is 5.56 Å². The fourth-order valence-electron chi connectivity index (χ4n) is 3.49. The Morgan fingerprint density at radius 2 is 1.78 bits per heavy atom. The van der Waals surface area contributed by atoms with E-state index >= 15 is 0 Å². The predicted molar refractivity (Wildman–Crippen MR) is 102 cm³/mol. The van der Waals surface area contributed by atoms with Gasteiger partial charge in [-0.15, -0.1) is 0 Å². The maximum absolute atomic E-state index is 12.1. The Bertz CT molecular complexity index is 895. The summed E-state index contributed by atoms with van der Waals surface area (Å²) in [7, 11) is 0. The molecule has 2 aromatic carbocycles. The van der Waals surface area contributed by atoms with Crippen molar-refractivity contribution in [2.75, 3.05) is 19.6 Å². The molecule has 0 bridgehead atoms. The monoisotopic (exact) mass is 362 g/mol. The molecule has 1 aliphatic heterocycles. The molecule has 0 N–H and O–H groups in total. The number of aromatic nitrogens is 2. The molecule has 1 aromatic heterocycles. The van der Waals surface area contributed by atoms with Gasteiger partial charge in [-0.1, -0.05) is 65.8 Å². The van der Waals surface area contributed by atoms with E-state index in [-0.39, 0.29) is 11.9 Å². The van der Waals surface area contributed by atoms with Crippen LogP contribution < -0.4 is 0 Å². The summed E-state index contributed by atoms with van der Waals surface area (Å²) in [6.45, 7) is 4.57. The first-order chi connectivity index (χ1) is 13.2. The van der Waals surface area contributed by atoms with Crippen LogP contribution in [0.15, 0.2) is 65.2 Å². The standard InChI is InChI=1S/C21H22N4O2/c1-16(26)25-13-12-24(14-17-8-4-2-5-9-17)15-19(25)21-22-20(23-27-21)18-10-6-3-7-11-18/h2-11,19H,12-15H2,1H3. The summed E-state index contributed by atoms with van der Waals surface area (Å²) in [5.74, 6) is 1.06. The molecule has 0 radical (unpaired) electrons. The molecular formula is C21H22N4O2. The van der Waals surface area contributed by atoms with Crippen LogP contribution in [0.25, 0.3) is 11.4 Å². The van der Waals surface area contributed by atoms with Gasteiger partial charge in [-0.3, -0.25) is 9.69 Å². The van der Waals surface area contributed by atoms with Crippen molar-refractivity contribution in [2.45, 2.75) is 19.5 Å². The second-order valence-corrected chi connectivity index (χ2v) is 6.77. The predicted octanol–water partition coefficient (Wildman–Crippen LogP) is 3.14. The van der Waals surface area contributed by atoms with E-state index in [4.69, 9.17) is 4.52 Å². The van der Waals surface area contributed by atoms with Gasteiger partial charge < -0.3 is 9.42 Å². The Balaban J connectivity index is 1.56. The van der Waals surface area contributed by atoms with Crippen LogP contribution in [0.1, 0.15) is 24.4 Å². The van der Waals surface area contributed by atoms with Gasteiger partial charge >= 0.3 is 0 Å². The molecule has 6 heteroatoms. The summed E-state index contributed by atoms with van der Waals surface area (Å²) in [6.07, 6.45) is 0. The maximum atomic E-state index is 12.1. The number of carbonyl (C=O) groups excluding carboxylic acids is 1. The van der Waals surface area contributed by atoms with Gasteiger partial charge in [-0.25, -0.2) is 0 Å². The molecule has 2 heterocycles. The quantitative estimate of drug-likeness (QED) is 0.713. The highest BCUT2D eigenvalue weighted by atomic mass is 16.5. The summed E-state index contributed by atoms with van der Waals surface area (Å²) >= 11 is 0. The normalized spacial score (nSPS) is 17.8. The van der Waals surface area contributed by atoms with E-state index in [1.807, 2.05) is 53.4 Å². The molecule has 0 spiro atoms. The van der Waals surface area contributed by atoms with E-state index in [2.05, 4.69) is 27.2 Å². The van der Waals surface area contributed by atoms with Crippen LogP contribution in [0, 0.1) is 0 Å². The summed E-state index contributed by atoms with van der Waals surface area (Å²) in [5, 5.41) is 4.12. The van der Waals surface area contributed by atoms with Crippen molar-refractivity contribution in [1.82, 2.24) is 19.9 Å². The number of piperazine rings is 1. The number of carbonyl (C=O) groups is 1. The minimum absolute atomic E-state index is 0.0267. The second kappa shape index (κ2) is 7.72. The number of hydrogen-bond acceptors (Lipinski definition) is 5. The van der Waals surface area contributed by atoms with Crippen LogP contribution in [-0.4, -0.2) is 45.5 Å². The molecule has 0 saturated carbocycles. The third kappa shape index (κ3) is 3.90. The van der Waals surface area contributed by atoms with Gasteiger partial charge in [0.15, 0.2) is 0 Å². The topological polar surface area (TPSA) is 62.5 Å². The van der Waals surface area contributed by atoms with E-state index in [0.717, 1.165) is 18.7 Å². The molecule has 1 fully saturated rings. The third-order valence-corrected chi connectivity index (χ3v) is 4.88. The molecule has 6 nitrogen and oxygen atoms in total. The van der Waals surface area contributed by atoms with Crippen molar-refractivity contribution < 1.29 is 9.32 Å². The molecule has 3 aromatic rings. The Morgan fingerprint density at radius 1 is 1.07 bits per heavy atom. The zero-order chi connectivity index (χ0) is 18.6. The lowest BCUT2D eigenvalue weighted by atomic mass is 10.1. The summed E-state index contributed by atoms with van der Waals surface area (Å²) < 4.78 is 5.56. The molecule has 1 amide bonds. The largest absolute Gasteiger partial charge is 0.337 e. The average molecular weight is 362 g/mol. The first-order valence-corrected chi connectivity index (χ1v) is 9.13. The van der Waals surface area contributed by atoms with Gasteiger partial charge in [0.2, 0.25) is 11.7 Å². The average Bonchev–Trinajstić information content (AvgIpc) is 3.19. The van der Waals surface area contributed by atoms with Gasteiger partial charge in [-0.05, 0) is 5.56 Å². The molecule has 1 atom stereocenters. The van der Waals surface area contributed by atoms with Gasteiger partial charge in [0.25, 0.3) is 5.89 Å². The number of rotatable bonds is 4. The highest BCUT2D eigenvalue weighted by molar-refractivity contribution is 5.73. The van der Waals surface area contributed by atoms with Crippen LogP contribution in [0.3, 0.4) is 0 Å². The van der Waals surface area contributed by atoms with E-state index < -0.39 is 0 Å². The van der Waals surface area contributed by atoms with Crippen molar-refractivity contribution in [1.29, 1.82) is 0 Å². The minimum atomic E-state index is -0.232. The minimum Gasteiger partial charge on any atom is -0.337 e. The van der Waals surface area contributed by atoms with Crippen LogP contribution in [0.2, 0.25) is 0 Å². The molecule has 138 valence electrons. The highest BCUT2D eigenvalue weighted by Gasteiger charge is 2.34. The van der Waals surface area contributed by atoms with Gasteiger partial charge in [-0.2, -0.15) is 4.98 Å². The van der Waals surface area contributed by atoms with Crippen LogP contribution in [0.4, 0.5) is 0 Å². The van der Waals surface area contributed by atoms with E-state index in [1.54, 1.807) is 6.92 Å². The Kier molecular flexibility index (Phi) is 4.98. The van der Waals surface area contributed by atoms with Crippen molar-refractivity contribution in [3.8, 4) is 11.4 Å². The number of benzene rings is 2. The molecular weight excluding hydrogens is 340 g/mol. The molecule has 1 aliphatic rings. The summed E-state index contributed by atoms with van der Waals surface area (Å²) in [5.41, 5.74) is 2.15. The molecule has 1 unspecified atom stereocenters. The van der Waals surface area contributed by atoms with Crippen LogP contribution >= 0.6 is 0 Å². The van der Waals surface area contributed by atoms with Crippen LogP contribution in [0.5, 0.6) is 0 Å². The third-order valence-electron chi connectivity index (χ3n) is 4.88. The van der Waals surface area contributed by atoms with Crippen LogP contribution in [-0.2, 0) is 11.3 Å². The van der Waals surface area contributed by atoms with Crippen molar-refractivity contribution in [3.05, 3.63) is 72.1 Å². The second-order valence-electron chi connectivity index (χ2n) is 6.77. The number of amides is 1. The Labute approximate surface area is 158 Å². The van der Waals surface area contributed by atoms with E-state index in [9.17, 15) is 4.79 Å². The Hall–Kier alpha value is -2.99. The maximum Gasteiger partial charge on any atom is 0.251 e. The van der Waals surface area contributed by atoms with Gasteiger partial charge in [0, 0.05) is 38.7 Å². The molecule has 4 rings (SSSR count). The zero-order valence-corrected chi connectivity index (χ0v) is 15.3. The first kappa shape index (κ1) is 17.4. The Morgan fingerprint density at radius 3 is 2.48 bits per heavy atom. The van der Waals surface area contributed by atoms with Crippen molar-refractivity contribution >= 4 is 5.91 Å². The van der Waals surface area contributed by atoms with Crippen molar-refractivity contribution in [2.24, 2.45) is 0 Å². The number of nitrogens with zero attached hydrogens (tertiary/aromatic N) is 4. The molecule has 1 saturated heterocycles. The lowest BCUT2D eigenvalue weighted by molar-refractivity contribution is -0.134. The molecule has 27 heavy (non-hydrogen) atoms. The van der Waals surface area contributed by atoms with Gasteiger partial charge in [0.1, 0.15) is 6.04 Å². The lowest BCUT2D eigenvalue weighted by Crippen LogP contribution is -2.49. The number of hydrogen-bond donors (Lipinski definition) is 0. The smallest absolute Gasteiger partial charge is 0.251 e. The lowest BCUT2D eigenvalue weighted by Gasteiger charge is -2.39. The molecule has 0 aliphatic carbocycles. The fraction of sp³-hybridized carbons (Fsp3) is 0.286. The van der Waals surface area contributed by atoms with E-state index in [0.29, 0.717) is 24.8 Å². The highest BCUT2D eigenvalue weighted by Crippen LogP contribution is 2.27. The zero-order valence-electron chi connectivity index (χ0n) is 15.3. The summed E-state index contributed by atoms with van der Waals surface area (Å²) in [4.78, 5) is 20.9. The fourth-order valence-corrected chi connectivity index (χ4v) is 3.49. The summed E-state index contributed by atoms with van der Waals surface area (Å²) in [6, 6.07) is 19.8.